The summed E-state index contributed by atoms with van der Waals surface area (Å²) in [5.74, 6) is 0.676. The van der Waals surface area contributed by atoms with Crippen molar-refractivity contribution < 1.29 is 9.53 Å². The summed E-state index contributed by atoms with van der Waals surface area (Å²) < 4.78 is 5.48. The highest BCUT2D eigenvalue weighted by Crippen LogP contribution is 2.41. The van der Waals surface area contributed by atoms with Crippen molar-refractivity contribution in [3.05, 3.63) is 45.9 Å². The molecule has 1 aliphatic carbocycles. The van der Waals surface area contributed by atoms with Gasteiger partial charge in [0.25, 0.3) is 5.91 Å². The maximum absolute atomic E-state index is 12.4. The van der Waals surface area contributed by atoms with Gasteiger partial charge in [0.05, 0.1) is 23.0 Å². The summed E-state index contributed by atoms with van der Waals surface area (Å²) in [6.45, 7) is 2.37. The molecule has 122 valence electrons. The van der Waals surface area contributed by atoms with E-state index in [0.717, 1.165) is 5.01 Å². The maximum atomic E-state index is 12.4. The molecule has 0 spiro atoms. The average Bonchev–Trinajstić information content (AvgIpc) is 3.34. The SMILES string of the molecule is CCOc1ccccc1NC(=O)C(C#N)=Cc1csc(C2CC2)n1. The minimum atomic E-state index is -0.467. The van der Waals surface area contributed by atoms with Gasteiger partial charge in [0.1, 0.15) is 17.4 Å². The average molecular weight is 339 g/mol. The number of carbonyl (C=O) groups excluding carboxylic acids is 1. The Morgan fingerprint density at radius 1 is 1.50 bits per heavy atom. The zero-order valence-electron chi connectivity index (χ0n) is 13.3. The Morgan fingerprint density at radius 2 is 2.29 bits per heavy atom. The number of para-hydroxylation sites is 2. The molecule has 0 atom stereocenters. The van der Waals surface area contributed by atoms with Crippen molar-refractivity contribution in [2.24, 2.45) is 0 Å². The molecule has 0 saturated heterocycles. The van der Waals surface area contributed by atoms with Crippen molar-refractivity contribution in [2.75, 3.05) is 11.9 Å². The van der Waals surface area contributed by atoms with Gasteiger partial charge in [-0.1, -0.05) is 12.1 Å². The molecule has 1 fully saturated rings. The molecular formula is C18H17N3O2S. The highest BCUT2D eigenvalue weighted by molar-refractivity contribution is 7.09. The number of amides is 1. The topological polar surface area (TPSA) is 75.0 Å². The van der Waals surface area contributed by atoms with Crippen molar-refractivity contribution in [3.8, 4) is 11.8 Å². The first-order valence-corrected chi connectivity index (χ1v) is 8.69. The van der Waals surface area contributed by atoms with E-state index in [4.69, 9.17) is 4.74 Å². The number of anilines is 1. The van der Waals surface area contributed by atoms with Crippen LogP contribution in [0.5, 0.6) is 5.75 Å². The van der Waals surface area contributed by atoms with Gasteiger partial charge in [-0.25, -0.2) is 4.98 Å². The third kappa shape index (κ3) is 3.81. The summed E-state index contributed by atoms with van der Waals surface area (Å²) in [7, 11) is 0. The number of hydrogen-bond acceptors (Lipinski definition) is 5. The third-order valence-electron chi connectivity index (χ3n) is 3.56. The summed E-state index contributed by atoms with van der Waals surface area (Å²) in [5, 5.41) is 15.0. The molecule has 5 nitrogen and oxygen atoms in total. The minimum Gasteiger partial charge on any atom is -0.492 e. The van der Waals surface area contributed by atoms with Crippen LogP contribution < -0.4 is 10.1 Å². The fraction of sp³-hybridized carbons (Fsp3) is 0.278. The third-order valence-corrected chi connectivity index (χ3v) is 4.58. The molecule has 1 aliphatic rings. The zero-order chi connectivity index (χ0) is 16.9. The van der Waals surface area contributed by atoms with Crippen LogP contribution in [-0.4, -0.2) is 17.5 Å². The van der Waals surface area contributed by atoms with E-state index in [1.165, 1.54) is 18.9 Å². The lowest BCUT2D eigenvalue weighted by Gasteiger charge is -2.10. The van der Waals surface area contributed by atoms with Gasteiger partial charge in [-0.15, -0.1) is 11.3 Å². The van der Waals surface area contributed by atoms with Crippen LogP contribution in [-0.2, 0) is 4.79 Å². The maximum Gasteiger partial charge on any atom is 0.266 e. The molecule has 6 heteroatoms. The number of thiazole rings is 1. The second-order valence-electron chi connectivity index (χ2n) is 5.44. The number of ether oxygens (including phenoxy) is 1. The number of hydrogen-bond donors (Lipinski definition) is 1. The van der Waals surface area contributed by atoms with Crippen LogP contribution >= 0.6 is 11.3 Å². The van der Waals surface area contributed by atoms with Crippen LogP contribution in [0.15, 0.2) is 35.2 Å². The normalized spacial score (nSPS) is 14.1. The molecule has 2 aromatic rings. The van der Waals surface area contributed by atoms with Crippen molar-refractivity contribution in [3.63, 3.8) is 0 Å². The molecule has 1 saturated carbocycles. The number of nitriles is 1. The molecular weight excluding hydrogens is 322 g/mol. The van der Waals surface area contributed by atoms with Crippen molar-refractivity contribution in [1.82, 2.24) is 4.98 Å². The van der Waals surface area contributed by atoms with Crippen molar-refractivity contribution >= 4 is 29.0 Å². The first-order chi connectivity index (χ1) is 11.7. The number of carbonyl (C=O) groups is 1. The number of nitrogens with zero attached hydrogens (tertiary/aromatic N) is 2. The van der Waals surface area contributed by atoms with Crippen LogP contribution in [0.3, 0.4) is 0 Å². The van der Waals surface area contributed by atoms with E-state index >= 15 is 0 Å². The summed E-state index contributed by atoms with van der Waals surface area (Å²) >= 11 is 1.58. The van der Waals surface area contributed by atoms with Gasteiger partial charge in [0.2, 0.25) is 0 Å². The van der Waals surface area contributed by atoms with Crippen LogP contribution in [0.25, 0.3) is 6.08 Å². The molecule has 1 N–H and O–H groups in total. The van der Waals surface area contributed by atoms with Gasteiger partial charge in [-0.05, 0) is 38.0 Å². The minimum absolute atomic E-state index is 0.0222. The molecule has 3 rings (SSSR count). The van der Waals surface area contributed by atoms with Gasteiger partial charge in [-0.3, -0.25) is 4.79 Å². The lowest BCUT2D eigenvalue weighted by molar-refractivity contribution is -0.112. The molecule has 0 bridgehead atoms. The number of aromatic nitrogens is 1. The monoisotopic (exact) mass is 339 g/mol. The lowest BCUT2D eigenvalue weighted by atomic mass is 10.2. The second-order valence-corrected chi connectivity index (χ2v) is 6.33. The quantitative estimate of drug-likeness (QED) is 0.638. The largest absolute Gasteiger partial charge is 0.492 e. The van der Waals surface area contributed by atoms with E-state index in [-0.39, 0.29) is 5.57 Å². The lowest BCUT2D eigenvalue weighted by Crippen LogP contribution is -2.14. The van der Waals surface area contributed by atoms with Gasteiger partial charge < -0.3 is 10.1 Å². The number of rotatable bonds is 6. The first-order valence-electron chi connectivity index (χ1n) is 7.81. The zero-order valence-corrected chi connectivity index (χ0v) is 14.1. The van der Waals surface area contributed by atoms with Gasteiger partial charge in [0, 0.05) is 11.3 Å². The van der Waals surface area contributed by atoms with E-state index < -0.39 is 5.91 Å². The summed E-state index contributed by atoms with van der Waals surface area (Å²) in [5.41, 5.74) is 1.23. The van der Waals surface area contributed by atoms with Crippen molar-refractivity contribution in [1.29, 1.82) is 5.26 Å². The Hall–Kier alpha value is -2.65. The molecule has 0 radical (unpaired) electrons. The van der Waals surface area contributed by atoms with Crippen LogP contribution in [0, 0.1) is 11.3 Å². The number of nitrogens with one attached hydrogen (secondary N) is 1. The van der Waals surface area contributed by atoms with Gasteiger partial charge in [-0.2, -0.15) is 5.26 Å². The van der Waals surface area contributed by atoms with Crippen LogP contribution in [0.1, 0.15) is 36.4 Å². The smallest absolute Gasteiger partial charge is 0.266 e. The highest BCUT2D eigenvalue weighted by Gasteiger charge is 2.26. The van der Waals surface area contributed by atoms with Gasteiger partial charge in [0.15, 0.2) is 0 Å². The Labute approximate surface area is 144 Å². The highest BCUT2D eigenvalue weighted by atomic mass is 32.1. The Bertz CT molecular complexity index is 816. The fourth-order valence-electron chi connectivity index (χ4n) is 2.22. The summed E-state index contributed by atoms with van der Waals surface area (Å²) in [6, 6.07) is 9.10. The molecule has 1 heterocycles. The van der Waals surface area contributed by atoms with Crippen molar-refractivity contribution in [2.45, 2.75) is 25.7 Å². The fourth-order valence-corrected chi connectivity index (χ4v) is 3.17. The predicted molar refractivity (Wildman–Crippen MR) is 93.9 cm³/mol. The molecule has 24 heavy (non-hydrogen) atoms. The van der Waals surface area contributed by atoms with E-state index in [1.807, 2.05) is 24.4 Å². The predicted octanol–water partition coefficient (Wildman–Crippen LogP) is 3.96. The molecule has 0 aliphatic heterocycles. The summed E-state index contributed by atoms with van der Waals surface area (Å²) in [6.07, 6.45) is 3.88. The Kier molecular flexibility index (Phi) is 4.92. The van der Waals surface area contributed by atoms with Crippen LogP contribution in [0.4, 0.5) is 5.69 Å². The van der Waals surface area contributed by atoms with E-state index in [9.17, 15) is 10.1 Å². The van der Waals surface area contributed by atoms with E-state index in [2.05, 4.69) is 10.3 Å². The summed E-state index contributed by atoms with van der Waals surface area (Å²) in [4.78, 5) is 16.9. The van der Waals surface area contributed by atoms with Gasteiger partial charge >= 0.3 is 0 Å². The van der Waals surface area contributed by atoms with E-state index in [0.29, 0.717) is 29.7 Å². The molecule has 1 amide bonds. The standard InChI is InChI=1S/C18H17N3O2S/c1-2-23-16-6-4-3-5-15(16)21-17(22)13(10-19)9-14-11-24-18(20-14)12-7-8-12/h3-6,9,11-12H,2,7-8H2,1H3,(H,21,22). The first kappa shape index (κ1) is 16.2. The Balaban J connectivity index is 1.76. The molecule has 0 unspecified atom stereocenters. The Morgan fingerprint density at radius 3 is 3.00 bits per heavy atom. The molecule has 1 aromatic carbocycles. The molecule has 1 aromatic heterocycles. The second kappa shape index (κ2) is 7.28. The van der Waals surface area contributed by atoms with E-state index in [1.54, 1.807) is 29.5 Å². The van der Waals surface area contributed by atoms with Crippen LogP contribution in [0.2, 0.25) is 0 Å². The number of benzene rings is 1.